The topological polar surface area (TPSA) is 49.8 Å². The van der Waals surface area contributed by atoms with Gasteiger partial charge in [0.25, 0.3) is 0 Å². The largest absolute Gasteiger partial charge is 0.389 e. The Morgan fingerprint density at radius 3 is 2.36 bits per heavy atom. The van der Waals surface area contributed by atoms with Gasteiger partial charge in [0.05, 0.1) is 11.0 Å². The van der Waals surface area contributed by atoms with Crippen LogP contribution >= 0.6 is 11.6 Å². The summed E-state index contributed by atoms with van der Waals surface area (Å²) in [7, 11) is 1.74. The van der Waals surface area contributed by atoms with Crippen molar-refractivity contribution in [1.29, 1.82) is 0 Å². The molecule has 0 aromatic heterocycles. The van der Waals surface area contributed by atoms with Gasteiger partial charge in [-0.15, -0.1) is 0 Å². The number of hydrogen-bond donors (Lipinski definition) is 1. The van der Waals surface area contributed by atoms with Crippen LogP contribution in [0.1, 0.15) is 32.3 Å². The highest BCUT2D eigenvalue weighted by Crippen LogP contribution is 2.37. The lowest BCUT2D eigenvalue weighted by Crippen LogP contribution is -2.51. The van der Waals surface area contributed by atoms with Crippen LogP contribution in [0, 0.1) is 0 Å². The quantitative estimate of drug-likeness (QED) is 0.925. The highest BCUT2D eigenvalue weighted by atomic mass is 35.5. The van der Waals surface area contributed by atoms with Gasteiger partial charge in [0.1, 0.15) is 0 Å². The predicted molar refractivity (Wildman–Crippen MR) is 87.1 cm³/mol. The van der Waals surface area contributed by atoms with Crippen LogP contribution in [0.15, 0.2) is 24.3 Å². The maximum absolute atomic E-state index is 13.1. The molecule has 1 N–H and O–H groups in total. The zero-order valence-electron chi connectivity index (χ0n) is 13.4. The molecule has 1 aliphatic heterocycles. The van der Waals surface area contributed by atoms with Gasteiger partial charge in [0.2, 0.25) is 5.91 Å². The molecule has 1 amide bonds. The first-order valence-corrected chi connectivity index (χ1v) is 7.94. The molecule has 5 heteroatoms. The van der Waals surface area contributed by atoms with E-state index in [0.717, 1.165) is 5.56 Å². The Kier molecular flexibility index (Phi) is 5.15. The van der Waals surface area contributed by atoms with Gasteiger partial charge < -0.3 is 14.7 Å². The number of benzene rings is 1. The fourth-order valence-corrected chi connectivity index (χ4v) is 3.26. The molecule has 122 valence electrons. The van der Waals surface area contributed by atoms with E-state index in [-0.39, 0.29) is 5.91 Å². The number of aliphatic hydroxyl groups is 1. The summed E-state index contributed by atoms with van der Waals surface area (Å²) >= 11 is 5.97. The van der Waals surface area contributed by atoms with Crippen LogP contribution in [0.2, 0.25) is 5.02 Å². The van der Waals surface area contributed by atoms with E-state index < -0.39 is 11.0 Å². The van der Waals surface area contributed by atoms with Gasteiger partial charge in [-0.05, 0) is 44.4 Å². The molecule has 0 atom stereocenters. The number of rotatable bonds is 4. The van der Waals surface area contributed by atoms with E-state index in [2.05, 4.69) is 0 Å². The lowest BCUT2D eigenvalue weighted by Gasteiger charge is -2.40. The van der Waals surface area contributed by atoms with Crippen molar-refractivity contribution in [3.8, 4) is 0 Å². The van der Waals surface area contributed by atoms with Crippen molar-refractivity contribution in [1.82, 2.24) is 4.90 Å². The summed E-state index contributed by atoms with van der Waals surface area (Å²) in [5.74, 6) is 0.0280. The van der Waals surface area contributed by atoms with Crippen LogP contribution < -0.4 is 0 Å². The number of halogens is 1. The molecule has 4 nitrogen and oxygen atoms in total. The van der Waals surface area contributed by atoms with Crippen molar-refractivity contribution in [3.05, 3.63) is 34.9 Å². The first kappa shape index (κ1) is 17.3. The second kappa shape index (κ2) is 6.57. The molecule has 0 bridgehead atoms. The molecule has 1 aromatic carbocycles. The third-order valence-corrected chi connectivity index (χ3v) is 4.38. The molecule has 1 saturated heterocycles. The molecule has 2 rings (SSSR count). The maximum atomic E-state index is 13.1. The Balaban J connectivity index is 2.33. The first-order valence-electron chi connectivity index (χ1n) is 7.56. The second-order valence-corrected chi connectivity index (χ2v) is 7.11. The molecule has 0 spiro atoms. The summed E-state index contributed by atoms with van der Waals surface area (Å²) in [6.07, 6.45) is 1.29. The molecule has 1 aromatic rings. The number of nitrogens with zero attached hydrogens (tertiary/aromatic N) is 1. The fraction of sp³-hybridized carbons (Fsp3) is 0.588. The van der Waals surface area contributed by atoms with Gasteiger partial charge in [-0.3, -0.25) is 4.79 Å². The molecule has 1 fully saturated rings. The van der Waals surface area contributed by atoms with Gasteiger partial charge in [-0.1, -0.05) is 23.7 Å². The average molecular weight is 326 g/mol. The Bertz CT molecular complexity index is 516. The van der Waals surface area contributed by atoms with E-state index in [0.29, 0.717) is 37.6 Å². The van der Waals surface area contributed by atoms with Crippen molar-refractivity contribution in [2.45, 2.75) is 37.7 Å². The van der Waals surface area contributed by atoms with Crippen molar-refractivity contribution in [2.24, 2.45) is 0 Å². The SMILES string of the molecule is CN(CC(C)(C)O)C(=O)C1(c2ccc(Cl)cc2)CCOCC1. The Labute approximate surface area is 137 Å². The molecular formula is C17H24ClNO3. The molecule has 0 unspecified atom stereocenters. The third-order valence-electron chi connectivity index (χ3n) is 4.12. The molecular weight excluding hydrogens is 302 g/mol. The summed E-state index contributed by atoms with van der Waals surface area (Å²) in [4.78, 5) is 14.7. The van der Waals surface area contributed by atoms with Crippen LogP contribution in [0.5, 0.6) is 0 Å². The van der Waals surface area contributed by atoms with E-state index in [1.807, 2.05) is 24.3 Å². The van der Waals surface area contributed by atoms with E-state index in [4.69, 9.17) is 16.3 Å². The van der Waals surface area contributed by atoms with Crippen LogP contribution in [-0.4, -0.2) is 48.3 Å². The maximum Gasteiger partial charge on any atom is 0.233 e. The molecule has 1 heterocycles. The number of likely N-dealkylation sites (N-methyl/N-ethyl adjacent to an activating group) is 1. The highest BCUT2D eigenvalue weighted by Gasteiger charge is 2.43. The summed E-state index contributed by atoms with van der Waals surface area (Å²) in [5, 5.41) is 10.6. The molecule has 0 aliphatic carbocycles. The van der Waals surface area contributed by atoms with Crippen molar-refractivity contribution in [2.75, 3.05) is 26.8 Å². The number of carbonyl (C=O) groups excluding carboxylic acids is 1. The van der Waals surface area contributed by atoms with Crippen molar-refractivity contribution < 1.29 is 14.6 Å². The van der Waals surface area contributed by atoms with Gasteiger partial charge in [-0.25, -0.2) is 0 Å². The normalized spacial score (nSPS) is 18.0. The first-order chi connectivity index (χ1) is 10.2. The van der Waals surface area contributed by atoms with Crippen molar-refractivity contribution in [3.63, 3.8) is 0 Å². The average Bonchev–Trinajstić information content (AvgIpc) is 2.46. The number of amides is 1. The Morgan fingerprint density at radius 2 is 1.86 bits per heavy atom. The van der Waals surface area contributed by atoms with E-state index in [9.17, 15) is 9.90 Å². The standard InChI is InChI=1S/C17H24ClNO3/c1-16(2,21)12-19(3)15(20)17(8-10-22-11-9-17)13-4-6-14(18)7-5-13/h4-7,21H,8-12H2,1-3H3. The van der Waals surface area contributed by atoms with Crippen LogP contribution in [0.25, 0.3) is 0 Å². The van der Waals surface area contributed by atoms with Gasteiger partial charge >= 0.3 is 0 Å². The zero-order chi connectivity index (χ0) is 16.4. The zero-order valence-corrected chi connectivity index (χ0v) is 14.2. The summed E-state index contributed by atoms with van der Waals surface area (Å²) in [6, 6.07) is 7.47. The summed E-state index contributed by atoms with van der Waals surface area (Å²) in [6.45, 7) is 4.82. The molecule has 0 radical (unpaired) electrons. The molecule has 22 heavy (non-hydrogen) atoms. The number of carbonyl (C=O) groups is 1. The molecule has 1 aliphatic rings. The molecule has 0 saturated carbocycles. The van der Waals surface area contributed by atoms with Gasteiger partial charge in [0, 0.05) is 31.8 Å². The van der Waals surface area contributed by atoms with Crippen LogP contribution in [-0.2, 0) is 14.9 Å². The van der Waals surface area contributed by atoms with Crippen LogP contribution in [0.4, 0.5) is 0 Å². The van der Waals surface area contributed by atoms with Crippen LogP contribution in [0.3, 0.4) is 0 Å². The second-order valence-electron chi connectivity index (χ2n) is 6.68. The number of ether oxygens (including phenoxy) is 1. The third kappa shape index (κ3) is 3.80. The van der Waals surface area contributed by atoms with E-state index >= 15 is 0 Å². The summed E-state index contributed by atoms with van der Waals surface area (Å²) < 4.78 is 5.45. The smallest absolute Gasteiger partial charge is 0.233 e. The van der Waals surface area contributed by atoms with E-state index in [1.165, 1.54) is 0 Å². The minimum Gasteiger partial charge on any atom is -0.389 e. The van der Waals surface area contributed by atoms with Gasteiger partial charge in [-0.2, -0.15) is 0 Å². The predicted octanol–water partition coefficient (Wildman–Crippen LogP) is 2.62. The van der Waals surface area contributed by atoms with Gasteiger partial charge in [0.15, 0.2) is 0 Å². The monoisotopic (exact) mass is 325 g/mol. The highest BCUT2D eigenvalue weighted by molar-refractivity contribution is 6.30. The minimum atomic E-state index is -0.920. The Morgan fingerprint density at radius 1 is 1.32 bits per heavy atom. The van der Waals surface area contributed by atoms with Crippen molar-refractivity contribution >= 4 is 17.5 Å². The number of hydrogen-bond acceptors (Lipinski definition) is 3. The van der Waals surface area contributed by atoms with E-state index in [1.54, 1.807) is 25.8 Å². The summed E-state index contributed by atoms with van der Waals surface area (Å²) in [5.41, 5.74) is -0.549. The minimum absolute atomic E-state index is 0.0280. The fourth-order valence-electron chi connectivity index (χ4n) is 3.13. The lowest BCUT2D eigenvalue weighted by molar-refractivity contribution is -0.142. The Hall–Kier alpha value is -1.10. The lowest BCUT2D eigenvalue weighted by atomic mass is 9.73.